The van der Waals surface area contributed by atoms with E-state index in [1.165, 1.54) is 0 Å². The van der Waals surface area contributed by atoms with Crippen LogP contribution < -0.4 is 0 Å². The van der Waals surface area contributed by atoms with Crippen LogP contribution in [0.4, 0.5) is 0 Å². The molecule has 0 aliphatic heterocycles. The fraction of sp³-hybridized carbons (Fsp3) is 0.118. The number of ketones is 1. The lowest BCUT2D eigenvalue weighted by Gasteiger charge is -1.97. The summed E-state index contributed by atoms with van der Waals surface area (Å²) in [5.41, 5.74) is 4.00. The molecule has 0 aromatic heterocycles. The van der Waals surface area contributed by atoms with Crippen LogP contribution in [-0.2, 0) is 6.42 Å². The van der Waals surface area contributed by atoms with Crippen molar-refractivity contribution in [3.63, 3.8) is 0 Å². The van der Waals surface area contributed by atoms with Crippen LogP contribution in [0, 0.1) is 11.8 Å². The summed E-state index contributed by atoms with van der Waals surface area (Å²) in [6.45, 7) is 0. The topological polar surface area (TPSA) is 17.1 Å². The first-order valence-corrected chi connectivity index (χ1v) is 6.06. The molecule has 0 fully saturated rings. The van der Waals surface area contributed by atoms with E-state index in [1.54, 1.807) is 0 Å². The predicted molar refractivity (Wildman–Crippen MR) is 71.5 cm³/mol. The van der Waals surface area contributed by atoms with Gasteiger partial charge < -0.3 is 0 Å². The fourth-order valence-corrected chi connectivity index (χ4v) is 2.20. The Balaban J connectivity index is 1.92. The van der Waals surface area contributed by atoms with Crippen molar-refractivity contribution in [3.05, 3.63) is 70.8 Å². The average Bonchev–Trinajstić information content (AvgIpc) is 2.79. The van der Waals surface area contributed by atoms with Crippen LogP contribution in [0.3, 0.4) is 0 Å². The highest BCUT2D eigenvalue weighted by atomic mass is 16.1. The van der Waals surface area contributed by atoms with Gasteiger partial charge in [0, 0.05) is 23.1 Å². The van der Waals surface area contributed by atoms with Gasteiger partial charge in [0.05, 0.1) is 0 Å². The third kappa shape index (κ3) is 2.06. The van der Waals surface area contributed by atoms with Gasteiger partial charge in [-0.05, 0) is 42.3 Å². The minimum atomic E-state index is 0.257. The predicted octanol–water partition coefficient (Wildman–Crippen LogP) is 3.22. The van der Waals surface area contributed by atoms with Gasteiger partial charge in [0.25, 0.3) is 0 Å². The van der Waals surface area contributed by atoms with Crippen LogP contribution in [0.2, 0.25) is 0 Å². The molecule has 0 saturated carbocycles. The lowest BCUT2D eigenvalue weighted by atomic mass is 10.1. The highest BCUT2D eigenvalue weighted by molar-refractivity contribution is 6.00. The molecule has 1 nitrogen and oxygen atoms in total. The molecule has 0 spiro atoms. The molecule has 2 aromatic rings. The van der Waals surface area contributed by atoms with Crippen molar-refractivity contribution in [1.29, 1.82) is 0 Å². The Labute approximate surface area is 106 Å². The lowest BCUT2D eigenvalue weighted by molar-refractivity contribution is 0.0994. The number of aryl methyl sites for hydroxylation is 1. The third-order valence-corrected chi connectivity index (χ3v) is 3.15. The highest BCUT2D eigenvalue weighted by Gasteiger charge is 2.18. The zero-order chi connectivity index (χ0) is 12.4. The molecule has 3 rings (SSSR count). The third-order valence-electron chi connectivity index (χ3n) is 3.15. The molecule has 0 atom stereocenters. The first kappa shape index (κ1) is 10.8. The molecular weight excluding hydrogens is 220 g/mol. The smallest absolute Gasteiger partial charge is 0.163 e. The summed E-state index contributed by atoms with van der Waals surface area (Å²) in [4.78, 5) is 11.5. The molecular formula is C17H12O. The van der Waals surface area contributed by atoms with Crippen molar-refractivity contribution < 1.29 is 4.79 Å². The molecule has 0 unspecified atom stereocenters. The molecule has 1 aliphatic carbocycles. The summed E-state index contributed by atoms with van der Waals surface area (Å²) in [6, 6.07) is 15.8. The lowest BCUT2D eigenvalue weighted by Crippen LogP contribution is -1.90. The molecule has 0 bridgehead atoms. The van der Waals surface area contributed by atoms with Crippen LogP contribution in [0.1, 0.15) is 33.5 Å². The zero-order valence-electron chi connectivity index (χ0n) is 9.94. The van der Waals surface area contributed by atoms with Crippen LogP contribution in [0.25, 0.3) is 0 Å². The van der Waals surface area contributed by atoms with Crippen molar-refractivity contribution in [2.45, 2.75) is 12.8 Å². The van der Waals surface area contributed by atoms with E-state index in [4.69, 9.17) is 0 Å². The van der Waals surface area contributed by atoms with Gasteiger partial charge in [0.1, 0.15) is 0 Å². The normalized spacial score (nSPS) is 12.8. The molecule has 1 aliphatic rings. The quantitative estimate of drug-likeness (QED) is 0.637. The number of carbonyl (C=O) groups excluding carboxylic acids is 1. The Bertz CT molecular complexity index is 657. The van der Waals surface area contributed by atoms with Crippen LogP contribution >= 0.6 is 0 Å². The highest BCUT2D eigenvalue weighted by Crippen LogP contribution is 2.22. The summed E-state index contributed by atoms with van der Waals surface area (Å²) in [5.74, 6) is 6.53. The minimum absolute atomic E-state index is 0.257. The van der Waals surface area contributed by atoms with Crippen LogP contribution in [0.5, 0.6) is 0 Å². The number of rotatable bonds is 0. The second-order valence-corrected chi connectivity index (χ2v) is 4.41. The molecule has 86 valence electrons. The number of carbonyl (C=O) groups is 1. The van der Waals surface area contributed by atoms with E-state index in [1.807, 2.05) is 48.5 Å². The van der Waals surface area contributed by atoms with E-state index in [-0.39, 0.29) is 5.78 Å². The molecule has 0 radical (unpaired) electrons. The minimum Gasteiger partial charge on any atom is -0.294 e. The Hall–Kier alpha value is -2.33. The Morgan fingerprint density at radius 3 is 2.44 bits per heavy atom. The second kappa shape index (κ2) is 4.50. The van der Waals surface area contributed by atoms with Gasteiger partial charge in [-0.1, -0.05) is 30.0 Å². The summed E-state index contributed by atoms with van der Waals surface area (Å²) in [5, 5.41) is 0. The summed E-state index contributed by atoms with van der Waals surface area (Å²) in [6.07, 6.45) is 1.50. The molecule has 0 heterocycles. The number of Topliss-reactive ketones (excluding diaryl/α,β-unsaturated/α-hetero) is 1. The monoisotopic (exact) mass is 232 g/mol. The number of benzene rings is 2. The summed E-state index contributed by atoms with van der Waals surface area (Å²) in [7, 11) is 0. The van der Waals surface area contributed by atoms with Crippen molar-refractivity contribution in [1.82, 2.24) is 0 Å². The molecule has 18 heavy (non-hydrogen) atoms. The molecule has 0 N–H and O–H groups in total. The molecule has 1 heteroatoms. The maximum Gasteiger partial charge on any atom is 0.163 e. The van der Waals surface area contributed by atoms with Gasteiger partial charge in [-0.25, -0.2) is 0 Å². The van der Waals surface area contributed by atoms with E-state index < -0.39 is 0 Å². The molecule has 0 amide bonds. The maximum absolute atomic E-state index is 11.5. The van der Waals surface area contributed by atoms with Crippen molar-refractivity contribution in [2.24, 2.45) is 0 Å². The molecule has 2 aromatic carbocycles. The largest absolute Gasteiger partial charge is 0.294 e. The number of fused-ring (bicyclic) bond motifs is 1. The second-order valence-electron chi connectivity index (χ2n) is 4.41. The van der Waals surface area contributed by atoms with Gasteiger partial charge in [-0.3, -0.25) is 4.79 Å². The Morgan fingerprint density at radius 2 is 1.61 bits per heavy atom. The van der Waals surface area contributed by atoms with Crippen LogP contribution in [0.15, 0.2) is 48.5 Å². The van der Waals surface area contributed by atoms with Crippen molar-refractivity contribution >= 4 is 5.78 Å². The fourth-order valence-electron chi connectivity index (χ4n) is 2.20. The van der Waals surface area contributed by atoms with Gasteiger partial charge in [-0.2, -0.15) is 0 Å². The van der Waals surface area contributed by atoms with E-state index in [0.29, 0.717) is 6.42 Å². The summed E-state index contributed by atoms with van der Waals surface area (Å²) >= 11 is 0. The van der Waals surface area contributed by atoms with Crippen molar-refractivity contribution in [2.75, 3.05) is 0 Å². The Kier molecular flexibility index (Phi) is 2.70. The number of hydrogen-bond acceptors (Lipinski definition) is 1. The van der Waals surface area contributed by atoms with E-state index in [9.17, 15) is 4.79 Å². The van der Waals surface area contributed by atoms with E-state index >= 15 is 0 Å². The average molecular weight is 232 g/mol. The van der Waals surface area contributed by atoms with Gasteiger partial charge in [0.2, 0.25) is 0 Å². The van der Waals surface area contributed by atoms with Gasteiger partial charge >= 0.3 is 0 Å². The first-order valence-electron chi connectivity index (χ1n) is 6.06. The van der Waals surface area contributed by atoms with E-state index in [0.717, 1.165) is 28.7 Å². The Morgan fingerprint density at radius 1 is 0.833 bits per heavy atom. The summed E-state index contributed by atoms with van der Waals surface area (Å²) < 4.78 is 0. The van der Waals surface area contributed by atoms with E-state index in [2.05, 4.69) is 11.8 Å². The maximum atomic E-state index is 11.5. The zero-order valence-corrected chi connectivity index (χ0v) is 9.94. The molecule has 0 saturated heterocycles. The van der Waals surface area contributed by atoms with Gasteiger partial charge in [-0.15, -0.1) is 0 Å². The number of hydrogen-bond donors (Lipinski definition) is 0. The SMILES string of the molecule is O=C1CCc2cc(C#Cc3ccccc3)ccc21. The van der Waals surface area contributed by atoms with Crippen molar-refractivity contribution in [3.8, 4) is 11.8 Å². The van der Waals surface area contributed by atoms with Gasteiger partial charge in [0.15, 0.2) is 5.78 Å². The first-order chi connectivity index (χ1) is 8.83. The standard InChI is InChI=1S/C17H12O/c18-17-11-9-15-12-14(8-10-16(15)17)7-6-13-4-2-1-3-5-13/h1-5,8,10,12H,9,11H2. The van der Waals surface area contributed by atoms with Crippen LogP contribution in [-0.4, -0.2) is 5.78 Å².